The maximum atomic E-state index is 10.2. The van der Waals surface area contributed by atoms with Crippen molar-refractivity contribution in [2.45, 2.75) is 12.5 Å². The number of carbonyl (C=O) groups excluding carboxylic acids is 1. The Morgan fingerprint density at radius 2 is 2.56 bits per heavy atom. The Morgan fingerprint density at radius 1 is 1.78 bits per heavy atom. The van der Waals surface area contributed by atoms with Gasteiger partial charge in [0.15, 0.2) is 0 Å². The molecule has 1 rings (SSSR count). The van der Waals surface area contributed by atoms with Crippen molar-refractivity contribution in [2.75, 3.05) is 13.2 Å². The van der Waals surface area contributed by atoms with Gasteiger partial charge in [0, 0.05) is 13.0 Å². The fraction of sp³-hybridized carbons (Fsp3) is 0.800. The van der Waals surface area contributed by atoms with Crippen LogP contribution >= 0.6 is 0 Å². The minimum absolute atomic E-state index is 0.0291. The van der Waals surface area contributed by atoms with Crippen LogP contribution in [0.2, 0.25) is 0 Å². The highest BCUT2D eigenvalue weighted by Crippen LogP contribution is 2.08. The summed E-state index contributed by atoms with van der Waals surface area (Å²) in [5.41, 5.74) is 0. The molecule has 4 heteroatoms. The van der Waals surface area contributed by atoms with Crippen molar-refractivity contribution in [3.63, 3.8) is 0 Å². The second-order valence-electron chi connectivity index (χ2n) is 1.81. The van der Waals surface area contributed by atoms with Crippen molar-refractivity contribution >= 4 is 6.16 Å². The SMILES string of the molecule is O=C1OCC(CCO)O1. The lowest BCUT2D eigenvalue weighted by Gasteiger charge is -2.00. The first-order chi connectivity index (χ1) is 4.33. The maximum Gasteiger partial charge on any atom is 0.508 e. The topological polar surface area (TPSA) is 55.8 Å². The Balaban J connectivity index is 2.22. The summed E-state index contributed by atoms with van der Waals surface area (Å²) in [6.07, 6.45) is -0.401. The lowest BCUT2D eigenvalue weighted by Crippen LogP contribution is -2.11. The van der Waals surface area contributed by atoms with E-state index >= 15 is 0 Å². The van der Waals surface area contributed by atoms with E-state index in [2.05, 4.69) is 9.47 Å². The zero-order valence-corrected chi connectivity index (χ0v) is 4.87. The van der Waals surface area contributed by atoms with E-state index in [-0.39, 0.29) is 19.3 Å². The summed E-state index contributed by atoms with van der Waals surface area (Å²) in [6.45, 7) is 0.306. The van der Waals surface area contributed by atoms with Crippen LogP contribution in [0.15, 0.2) is 0 Å². The van der Waals surface area contributed by atoms with Crippen LogP contribution in [-0.2, 0) is 9.47 Å². The number of hydrogen-bond donors (Lipinski definition) is 1. The molecule has 0 bridgehead atoms. The molecule has 9 heavy (non-hydrogen) atoms. The summed E-state index contributed by atoms with van der Waals surface area (Å²) in [7, 11) is 0. The molecule has 0 aromatic rings. The monoisotopic (exact) mass is 132 g/mol. The van der Waals surface area contributed by atoms with Crippen molar-refractivity contribution in [1.82, 2.24) is 0 Å². The van der Waals surface area contributed by atoms with Gasteiger partial charge >= 0.3 is 6.16 Å². The van der Waals surface area contributed by atoms with E-state index < -0.39 is 6.16 Å². The van der Waals surface area contributed by atoms with Gasteiger partial charge in [0.05, 0.1) is 0 Å². The first-order valence-corrected chi connectivity index (χ1v) is 2.77. The summed E-state index contributed by atoms with van der Waals surface area (Å²) in [5.74, 6) is 0. The molecule has 4 nitrogen and oxygen atoms in total. The largest absolute Gasteiger partial charge is 0.508 e. The van der Waals surface area contributed by atoms with Gasteiger partial charge < -0.3 is 14.6 Å². The van der Waals surface area contributed by atoms with Gasteiger partial charge in [-0.1, -0.05) is 0 Å². The fourth-order valence-electron chi connectivity index (χ4n) is 0.651. The Hall–Kier alpha value is -0.770. The zero-order chi connectivity index (χ0) is 6.69. The van der Waals surface area contributed by atoms with E-state index in [1.165, 1.54) is 0 Å². The molecule has 1 unspecified atom stereocenters. The van der Waals surface area contributed by atoms with Crippen LogP contribution in [0, 0.1) is 0 Å². The quantitative estimate of drug-likeness (QED) is 0.533. The van der Waals surface area contributed by atoms with E-state index in [0.717, 1.165) is 0 Å². The third-order valence-corrected chi connectivity index (χ3v) is 1.10. The van der Waals surface area contributed by atoms with E-state index in [0.29, 0.717) is 6.42 Å². The molecule has 1 aliphatic heterocycles. The summed E-state index contributed by atoms with van der Waals surface area (Å²) < 4.78 is 9.03. The molecule has 1 N–H and O–H groups in total. The van der Waals surface area contributed by atoms with E-state index in [1.807, 2.05) is 0 Å². The Labute approximate surface area is 52.4 Å². The number of ether oxygens (including phenoxy) is 2. The van der Waals surface area contributed by atoms with Crippen LogP contribution < -0.4 is 0 Å². The van der Waals surface area contributed by atoms with Gasteiger partial charge in [0.1, 0.15) is 12.7 Å². The van der Waals surface area contributed by atoms with Crippen LogP contribution in [0.5, 0.6) is 0 Å². The molecule has 1 aliphatic rings. The van der Waals surface area contributed by atoms with Gasteiger partial charge in [-0.15, -0.1) is 0 Å². The number of aliphatic hydroxyl groups is 1. The molecule has 1 heterocycles. The van der Waals surface area contributed by atoms with Gasteiger partial charge in [-0.25, -0.2) is 4.79 Å². The van der Waals surface area contributed by atoms with E-state index in [4.69, 9.17) is 5.11 Å². The summed E-state index contributed by atoms with van der Waals surface area (Å²) in [6, 6.07) is 0. The Bertz CT molecular complexity index is 112. The third kappa shape index (κ3) is 1.57. The summed E-state index contributed by atoms with van der Waals surface area (Å²) in [4.78, 5) is 10.2. The number of cyclic esters (lactones) is 2. The molecule has 0 saturated carbocycles. The van der Waals surface area contributed by atoms with Crippen LogP contribution in [0.4, 0.5) is 4.79 Å². The minimum atomic E-state index is -0.631. The summed E-state index contributed by atoms with van der Waals surface area (Å²) >= 11 is 0. The molecule has 1 atom stereocenters. The Kier molecular flexibility index (Phi) is 1.89. The van der Waals surface area contributed by atoms with Gasteiger partial charge in [-0.3, -0.25) is 0 Å². The lowest BCUT2D eigenvalue weighted by atomic mass is 10.3. The number of rotatable bonds is 2. The van der Waals surface area contributed by atoms with Gasteiger partial charge in [-0.05, 0) is 0 Å². The molecular weight excluding hydrogens is 124 g/mol. The predicted molar refractivity (Wildman–Crippen MR) is 27.9 cm³/mol. The minimum Gasteiger partial charge on any atom is -0.430 e. The average molecular weight is 132 g/mol. The second kappa shape index (κ2) is 2.68. The molecular formula is C5H8O4. The summed E-state index contributed by atoms with van der Waals surface area (Å²) in [5, 5.41) is 8.37. The van der Waals surface area contributed by atoms with E-state index in [1.54, 1.807) is 0 Å². The van der Waals surface area contributed by atoms with Gasteiger partial charge in [-0.2, -0.15) is 0 Å². The molecule has 1 fully saturated rings. The smallest absolute Gasteiger partial charge is 0.430 e. The third-order valence-electron chi connectivity index (χ3n) is 1.10. The highest BCUT2D eigenvalue weighted by Gasteiger charge is 2.23. The Morgan fingerprint density at radius 3 is 3.00 bits per heavy atom. The highest BCUT2D eigenvalue weighted by atomic mass is 16.8. The first kappa shape index (κ1) is 6.35. The standard InChI is InChI=1S/C5H8O4/c6-2-1-4-3-8-5(7)9-4/h4,6H,1-3H2. The molecule has 0 spiro atoms. The molecule has 0 aromatic carbocycles. The average Bonchev–Trinajstić information content (AvgIpc) is 2.17. The molecule has 52 valence electrons. The fourth-order valence-corrected chi connectivity index (χ4v) is 0.651. The van der Waals surface area contributed by atoms with Crippen LogP contribution in [0.25, 0.3) is 0 Å². The lowest BCUT2D eigenvalue weighted by molar-refractivity contribution is 0.109. The van der Waals surface area contributed by atoms with Gasteiger partial charge in [0.2, 0.25) is 0 Å². The van der Waals surface area contributed by atoms with Crippen LogP contribution in [0.3, 0.4) is 0 Å². The van der Waals surface area contributed by atoms with Crippen LogP contribution in [0.1, 0.15) is 6.42 Å². The number of hydrogen-bond acceptors (Lipinski definition) is 4. The first-order valence-electron chi connectivity index (χ1n) is 2.77. The number of aliphatic hydroxyl groups excluding tert-OH is 1. The normalized spacial score (nSPS) is 25.4. The molecule has 0 aliphatic carbocycles. The van der Waals surface area contributed by atoms with Crippen molar-refractivity contribution in [3.8, 4) is 0 Å². The van der Waals surface area contributed by atoms with Crippen molar-refractivity contribution in [3.05, 3.63) is 0 Å². The van der Waals surface area contributed by atoms with Crippen molar-refractivity contribution in [1.29, 1.82) is 0 Å². The molecule has 0 amide bonds. The highest BCUT2D eigenvalue weighted by molar-refractivity contribution is 5.61. The molecule has 1 saturated heterocycles. The zero-order valence-electron chi connectivity index (χ0n) is 4.87. The predicted octanol–water partition coefficient (Wildman–Crippen LogP) is -0.0958. The van der Waals surface area contributed by atoms with Gasteiger partial charge in [0.25, 0.3) is 0 Å². The maximum absolute atomic E-state index is 10.2. The van der Waals surface area contributed by atoms with Crippen molar-refractivity contribution in [2.24, 2.45) is 0 Å². The second-order valence-corrected chi connectivity index (χ2v) is 1.81. The molecule has 0 radical (unpaired) electrons. The molecule has 0 aromatic heterocycles. The number of carbonyl (C=O) groups is 1. The van der Waals surface area contributed by atoms with Crippen LogP contribution in [-0.4, -0.2) is 30.6 Å². The van der Waals surface area contributed by atoms with Crippen molar-refractivity contribution < 1.29 is 19.4 Å². The van der Waals surface area contributed by atoms with E-state index in [9.17, 15) is 4.79 Å².